The molecule has 7 nitrogen and oxygen atoms in total. The van der Waals surface area contributed by atoms with Gasteiger partial charge in [0.25, 0.3) is 0 Å². The van der Waals surface area contributed by atoms with Gasteiger partial charge in [-0.05, 0) is 49.2 Å². The Labute approximate surface area is 193 Å². The summed E-state index contributed by atoms with van der Waals surface area (Å²) in [6.45, 7) is 1.14. The second-order valence-electron chi connectivity index (χ2n) is 8.92. The van der Waals surface area contributed by atoms with E-state index in [2.05, 4.69) is 21.1 Å². The molecule has 0 spiro atoms. The molecule has 1 N–H and O–H groups in total. The lowest BCUT2D eigenvalue weighted by Gasteiger charge is -2.36. The van der Waals surface area contributed by atoms with Crippen molar-refractivity contribution in [2.45, 2.75) is 31.8 Å². The van der Waals surface area contributed by atoms with Crippen molar-refractivity contribution >= 4 is 28.2 Å². The van der Waals surface area contributed by atoms with Crippen molar-refractivity contribution in [3.05, 3.63) is 60.3 Å². The SMILES string of the molecule is COc1ccccc1C1=NOC(CC2(C(=O)Nc3ccc4c(ccn4C)c3)CCOCC2)C1. The number of amides is 1. The Kier molecular flexibility index (Phi) is 5.81. The third kappa shape index (κ3) is 4.20. The third-order valence-corrected chi connectivity index (χ3v) is 6.84. The summed E-state index contributed by atoms with van der Waals surface area (Å²) in [7, 11) is 3.67. The maximum absolute atomic E-state index is 13.6. The summed E-state index contributed by atoms with van der Waals surface area (Å²) in [5.41, 5.74) is 3.18. The zero-order valence-corrected chi connectivity index (χ0v) is 19.0. The van der Waals surface area contributed by atoms with Crippen molar-refractivity contribution in [3.8, 4) is 5.75 Å². The second-order valence-corrected chi connectivity index (χ2v) is 8.92. The molecule has 0 saturated carbocycles. The fraction of sp³-hybridized carbons (Fsp3) is 0.385. The van der Waals surface area contributed by atoms with E-state index < -0.39 is 5.41 Å². The molecule has 0 radical (unpaired) electrons. The van der Waals surface area contributed by atoms with E-state index in [4.69, 9.17) is 14.3 Å². The maximum atomic E-state index is 13.6. The quantitative estimate of drug-likeness (QED) is 0.604. The van der Waals surface area contributed by atoms with Gasteiger partial charge in [-0.3, -0.25) is 4.79 Å². The largest absolute Gasteiger partial charge is 0.496 e. The Morgan fingerprint density at radius 3 is 2.85 bits per heavy atom. The molecule has 1 fully saturated rings. The van der Waals surface area contributed by atoms with E-state index in [1.54, 1.807) is 7.11 Å². The van der Waals surface area contributed by atoms with Crippen LogP contribution in [0.5, 0.6) is 5.75 Å². The van der Waals surface area contributed by atoms with Crippen LogP contribution in [-0.2, 0) is 21.4 Å². The molecule has 2 aromatic carbocycles. The first kappa shape index (κ1) is 21.5. The first-order valence-electron chi connectivity index (χ1n) is 11.4. The Balaban J connectivity index is 1.32. The number of aryl methyl sites for hydroxylation is 1. The standard InChI is InChI=1S/C26H29N3O4/c1-29-12-9-18-15-19(7-8-23(18)29)27-25(30)26(10-13-32-14-11-26)17-20-16-22(28-33-20)21-5-3-4-6-24(21)31-2/h3-9,12,15,20H,10-11,13-14,16-17H2,1-2H3,(H,27,30). The lowest BCUT2D eigenvalue weighted by Crippen LogP contribution is -2.43. The topological polar surface area (TPSA) is 74.1 Å². The highest BCUT2D eigenvalue weighted by atomic mass is 16.6. The predicted molar refractivity (Wildman–Crippen MR) is 128 cm³/mol. The minimum absolute atomic E-state index is 0.0235. The molecule has 0 aliphatic carbocycles. The van der Waals surface area contributed by atoms with Crippen LogP contribution in [0.25, 0.3) is 10.9 Å². The van der Waals surface area contributed by atoms with Crippen LogP contribution >= 0.6 is 0 Å². The lowest BCUT2D eigenvalue weighted by molar-refractivity contribution is -0.134. The molecule has 172 valence electrons. The van der Waals surface area contributed by atoms with Gasteiger partial charge in [0.05, 0.1) is 18.2 Å². The van der Waals surface area contributed by atoms with E-state index in [0.717, 1.165) is 33.6 Å². The Morgan fingerprint density at radius 1 is 1.21 bits per heavy atom. The molecule has 1 atom stereocenters. The highest BCUT2D eigenvalue weighted by molar-refractivity contribution is 6.03. The number of aromatic nitrogens is 1. The number of anilines is 1. The monoisotopic (exact) mass is 447 g/mol. The van der Waals surface area contributed by atoms with Gasteiger partial charge < -0.3 is 24.2 Å². The minimum Gasteiger partial charge on any atom is -0.496 e. The van der Waals surface area contributed by atoms with Gasteiger partial charge >= 0.3 is 0 Å². The molecule has 3 aromatic rings. The predicted octanol–water partition coefficient (Wildman–Crippen LogP) is 4.51. The molecule has 2 aliphatic rings. The van der Waals surface area contributed by atoms with E-state index in [1.165, 1.54) is 0 Å². The smallest absolute Gasteiger partial charge is 0.230 e. The summed E-state index contributed by atoms with van der Waals surface area (Å²) >= 11 is 0. The number of carbonyl (C=O) groups is 1. The van der Waals surface area contributed by atoms with Crippen molar-refractivity contribution in [2.24, 2.45) is 17.6 Å². The van der Waals surface area contributed by atoms with Crippen LogP contribution in [0.1, 0.15) is 31.2 Å². The summed E-state index contributed by atoms with van der Waals surface area (Å²) in [4.78, 5) is 19.4. The Bertz CT molecular complexity index is 1190. The van der Waals surface area contributed by atoms with Crippen LogP contribution in [0.2, 0.25) is 0 Å². The van der Waals surface area contributed by atoms with Gasteiger partial charge in [-0.2, -0.15) is 0 Å². The zero-order valence-electron chi connectivity index (χ0n) is 19.0. The van der Waals surface area contributed by atoms with Crippen molar-refractivity contribution in [2.75, 3.05) is 25.6 Å². The number of para-hydroxylation sites is 1. The van der Waals surface area contributed by atoms with Crippen LogP contribution < -0.4 is 10.1 Å². The second kappa shape index (κ2) is 8.90. The fourth-order valence-electron chi connectivity index (χ4n) is 4.92. The van der Waals surface area contributed by atoms with Crippen LogP contribution in [0.4, 0.5) is 5.69 Å². The number of nitrogens with zero attached hydrogens (tertiary/aromatic N) is 2. The van der Waals surface area contributed by atoms with Gasteiger partial charge in [0.15, 0.2) is 0 Å². The number of ether oxygens (including phenoxy) is 2. The highest BCUT2D eigenvalue weighted by Gasteiger charge is 2.44. The average molecular weight is 448 g/mol. The fourth-order valence-corrected chi connectivity index (χ4v) is 4.92. The number of rotatable bonds is 6. The molecule has 3 heterocycles. The van der Waals surface area contributed by atoms with Crippen molar-refractivity contribution in [1.29, 1.82) is 0 Å². The van der Waals surface area contributed by atoms with Crippen LogP contribution in [0.15, 0.2) is 59.9 Å². The number of benzene rings is 2. The summed E-state index contributed by atoms with van der Waals surface area (Å²) < 4.78 is 13.1. The number of carbonyl (C=O) groups excluding carboxylic acids is 1. The number of hydrogen-bond acceptors (Lipinski definition) is 5. The minimum atomic E-state index is -0.555. The summed E-state index contributed by atoms with van der Waals surface area (Å²) in [5.74, 6) is 0.797. The highest BCUT2D eigenvalue weighted by Crippen LogP contribution is 2.40. The molecule has 33 heavy (non-hydrogen) atoms. The zero-order chi connectivity index (χ0) is 22.8. The first-order chi connectivity index (χ1) is 16.1. The van der Waals surface area contributed by atoms with Crippen LogP contribution in [0, 0.1) is 5.41 Å². The lowest BCUT2D eigenvalue weighted by atomic mass is 9.74. The van der Waals surface area contributed by atoms with Gasteiger partial charge in [-0.1, -0.05) is 17.3 Å². The molecule has 0 bridgehead atoms. The molecule has 2 aliphatic heterocycles. The Hall–Kier alpha value is -3.32. The van der Waals surface area contributed by atoms with E-state index in [9.17, 15) is 4.79 Å². The van der Waals surface area contributed by atoms with Gasteiger partial charge in [0.2, 0.25) is 5.91 Å². The van der Waals surface area contributed by atoms with Crippen molar-refractivity contribution in [1.82, 2.24) is 4.57 Å². The van der Waals surface area contributed by atoms with E-state index in [-0.39, 0.29) is 12.0 Å². The third-order valence-electron chi connectivity index (χ3n) is 6.84. The normalized spacial score (nSPS) is 19.7. The van der Waals surface area contributed by atoms with E-state index in [0.29, 0.717) is 38.9 Å². The molecule has 1 aromatic heterocycles. The maximum Gasteiger partial charge on any atom is 0.230 e. The number of oxime groups is 1. The number of nitrogens with one attached hydrogen (secondary N) is 1. The van der Waals surface area contributed by atoms with Crippen molar-refractivity contribution in [3.63, 3.8) is 0 Å². The number of fused-ring (bicyclic) bond motifs is 1. The molecular weight excluding hydrogens is 418 g/mol. The van der Waals surface area contributed by atoms with Gasteiger partial charge in [0.1, 0.15) is 11.9 Å². The van der Waals surface area contributed by atoms with Crippen molar-refractivity contribution < 1.29 is 19.1 Å². The van der Waals surface area contributed by atoms with E-state index >= 15 is 0 Å². The van der Waals surface area contributed by atoms with Gasteiger partial charge in [0, 0.05) is 61.5 Å². The van der Waals surface area contributed by atoms with E-state index in [1.807, 2.05) is 55.7 Å². The number of hydrogen-bond donors (Lipinski definition) is 1. The molecule has 1 amide bonds. The van der Waals surface area contributed by atoms with Crippen LogP contribution in [0.3, 0.4) is 0 Å². The molecule has 1 saturated heterocycles. The molecular formula is C26H29N3O4. The number of methoxy groups -OCH3 is 1. The Morgan fingerprint density at radius 2 is 2.03 bits per heavy atom. The van der Waals surface area contributed by atoms with Gasteiger partial charge in [-0.25, -0.2) is 0 Å². The molecule has 5 rings (SSSR count). The van der Waals surface area contributed by atoms with Crippen LogP contribution in [-0.4, -0.2) is 42.6 Å². The van der Waals surface area contributed by atoms with Gasteiger partial charge in [-0.15, -0.1) is 0 Å². The summed E-state index contributed by atoms with van der Waals surface area (Å²) in [5, 5.41) is 8.62. The summed E-state index contributed by atoms with van der Waals surface area (Å²) in [6, 6.07) is 15.9. The first-order valence-corrected chi connectivity index (χ1v) is 11.4. The molecule has 1 unspecified atom stereocenters. The summed E-state index contributed by atoms with van der Waals surface area (Å²) in [6.07, 6.45) is 4.43. The molecule has 7 heteroatoms. The average Bonchev–Trinajstić information content (AvgIpc) is 3.46.